The third-order valence-electron chi connectivity index (χ3n) is 3.46. The minimum absolute atomic E-state index is 0.489. The van der Waals surface area contributed by atoms with E-state index in [0.29, 0.717) is 12.0 Å². The topological polar surface area (TPSA) is 57.9 Å². The van der Waals surface area contributed by atoms with Gasteiger partial charge in [-0.15, -0.1) is 0 Å². The van der Waals surface area contributed by atoms with Gasteiger partial charge in [-0.3, -0.25) is 0 Å². The lowest BCUT2D eigenvalue weighted by atomic mass is 9.96. The molecule has 0 radical (unpaired) electrons. The number of H-pyrrole nitrogens is 1. The van der Waals surface area contributed by atoms with Gasteiger partial charge in [-0.05, 0) is 32.2 Å². The van der Waals surface area contributed by atoms with Crippen molar-refractivity contribution < 1.29 is 0 Å². The minimum Gasteiger partial charge on any atom is -0.339 e. The summed E-state index contributed by atoms with van der Waals surface area (Å²) < 4.78 is 0. The predicted molar refractivity (Wildman–Crippen MR) is 61.8 cm³/mol. The van der Waals surface area contributed by atoms with E-state index >= 15 is 0 Å². The summed E-state index contributed by atoms with van der Waals surface area (Å²) in [6.45, 7) is 4.12. The number of aromatic amines is 1. The van der Waals surface area contributed by atoms with Gasteiger partial charge in [-0.1, -0.05) is 6.42 Å². The van der Waals surface area contributed by atoms with Gasteiger partial charge in [-0.25, -0.2) is 4.98 Å². The van der Waals surface area contributed by atoms with Crippen molar-refractivity contribution in [3.8, 4) is 0 Å². The molecule has 15 heavy (non-hydrogen) atoms. The van der Waals surface area contributed by atoms with Crippen molar-refractivity contribution in [1.29, 1.82) is 0 Å². The lowest BCUT2D eigenvalue weighted by Gasteiger charge is -2.31. The van der Waals surface area contributed by atoms with E-state index in [2.05, 4.69) is 21.8 Å². The average molecular weight is 208 g/mol. The molecule has 0 aromatic carbocycles. The van der Waals surface area contributed by atoms with Crippen LogP contribution in [0.25, 0.3) is 0 Å². The summed E-state index contributed by atoms with van der Waals surface area (Å²) in [5, 5.41) is 0. The smallest absolute Gasteiger partial charge is 0.202 e. The largest absolute Gasteiger partial charge is 0.339 e. The molecule has 0 saturated carbocycles. The number of hydrogen-bond donors (Lipinski definition) is 2. The molecular weight excluding hydrogens is 188 g/mol. The van der Waals surface area contributed by atoms with E-state index < -0.39 is 0 Å². The highest BCUT2D eigenvalue weighted by Gasteiger charge is 2.26. The summed E-state index contributed by atoms with van der Waals surface area (Å²) in [6, 6.07) is 0.489. The average Bonchev–Trinajstić information content (AvgIpc) is 2.70. The van der Waals surface area contributed by atoms with Crippen LogP contribution in [0.1, 0.15) is 26.2 Å². The molecule has 4 nitrogen and oxygen atoms in total. The van der Waals surface area contributed by atoms with Crippen LogP contribution in [-0.4, -0.2) is 29.1 Å². The molecule has 1 aromatic rings. The van der Waals surface area contributed by atoms with Crippen molar-refractivity contribution in [3.63, 3.8) is 0 Å². The summed E-state index contributed by atoms with van der Waals surface area (Å²) in [5.74, 6) is 1.58. The van der Waals surface area contributed by atoms with Gasteiger partial charge >= 0.3 is 0 Å². The Morgan fingerprint density at radius 2 is 2.47 bits per heavy atom. The molecular formula is C11H20N4. The normalized spacial score (nSPS) is 27.7. The molecule has 1 saturated heterocycles. The van der Waals surface area contributed by atoms with Crippen LogP contribution in [0.3, 0.4) is 0 Å². The maximum absolute atomic E-state index is 5.82. The summed E-state index contributed by atoms with van der Waals surface area (Å²) in [5.41, 5.74) is 5.82. The van der Waals surface area contributed by atoms with Crippen LogP contribution in [-0.2, 0) is 0 Å². The number of nitrogens with zero attached hydrogens (tertiary/aromatic N) is 2. The van der Waals surface area contributed by atoms with Crippen molar-refractivity contribution in [2.75, 3.05) is 18.0 Å². The Hall–Kier alpha value is -1.03. The Morgan fingerprint density at radius 1 is 1.60 bits per heavy atom. The molecule has 3 N–H and O–H groups in total. The minimum atomic E-state index is 0.489. The highest BCUT2D eigenvalue weighted by atomic mass is 15.3. The number of anilines is 1. The van der Waals surface area contributed by atoms with E-state index in [-0.39, 0.29) is 0 Å². The fourth-order valence-corrected chi connectivity index (χ4v) is 2.42. The molecule has 0 unspecified atom stereocenters. The Labute approximate surface area is 90.9 Å². The quantitative estimate of drug-likeness (QED) is 0.771. The second kappa shape index (κ2) is 4.66. The maximum atomic E-state index is 5.82. The van der Waals surface area contributed by atoms with E-state index in [4.69, 9.17) is 5.73 Å². The molecule has 2 rings (SSSR count). The Bertz CT molecular complexity index is 283. The zero-order chi connectivity index (χ0) is 10.7. The van der Waals surface area contributed by atoms with Crippen LogP contribution in [0.15, 0.2) is 12.4 Å². The molecule has 1 aliphatic rings. The van der Waals surface area contributed by atoms with Gasteiger partial charge in [0.2, 0.25) is 5.95 Å². The van der Waals surface area contributed by atoms with E-state index in [0.717, 1.165) is 19.0 Å². The number of nitrogens with two attached hydrogens (primary N) is 1. The third-order valence-corrected chi connectivity index (χ3v) is 3.46. The second-order valence-corrected chi connectivity index (χ2v) is 4.34. The van der Waals surface area contributed by atoms with Gasteiger partial charge in [0.05, 0.1) is 0 Å². The Morgan fingerprint density at radius 3 is 3.13 bits per heavy atom. The maximum Gasteiger partial charge on any atom is 0.202 e. The summed E-state index contributed by atoms with van der Waals surface area (Å²) >= 11 is 0. The molecule has 0 bridgehead atoms. The first-order chi connectivity index (χ1) is 7.33. The highest BCUT2D eigenvalue weighted by molar-refractivity contribution is 5.31. The van der Waals surface area contributed by atoms with Crippen LogP contribution < -0.4 is 10.6 Å². The van der Waals surface area contributed by atoms with Crippen molar-refractivity contribution in [2.45, 2.75) is 32.2 Å². The molecule has 84 valence electrons. The number of hydrogen-bond acceptors (Lipinski definition) is 3. The summed E-state index contributed by atoms with van der Waals surface area (Å²) in [6.07, 6.45) is 7.45. The van der Waals surface area contributed by atoms with E-state index in [9.17, 15) is 0 Å². The lowest BCUT2D eigenvalue weighted by Crippen LogP contribution is -2.40. The van der Waals surface area contributed by atoms with Crippen LogP contribution in [0.4, 0.5) is 5.95 Å². The van der Waals surface area contributed by atoms with Crippen molar-refractivity contribution in [1.82, 2.24) is 9.97 Å². The van der Waals surface area contributed by atoms with Crippen LogP contribution in [0, 0.1) is 5.92 Å². The standard InChI is InChI=1S/C11H20N4/c1-9-10(8-12)4-2-3-7-15(9)11-13-5-6-14-11/h5-6,9-10H,2-4,7-8,12H2,1H3,(H,13,14)/t9-,10-/m1/s1. The molecule has 0 aliphatic carbocycles. The fourth-order valence-electron chi connectivity index (χ4n) is 2.42. The van der Waals surface area contributed by atoms with Gasteiger partial charge in [0, 0.05) is 25.0 Å². The van der Waals surface area contributed by atoms with Crippen LogP contribution in [0.5, 0.6) is 0 Å². The summed E-state index contributed by atoms with van der Waals surface area (Å²) in [4.78, 5) is 9.87. The molecule has 2 heterocycles. The molecule has 4 heteroatoms. The Kier molecular flexibility index (Phi) is 3.26. The molecule has 1 aliphatic heterocycles. The van der Waals surface area contributed by atoms with Crippen molar-refractivity contribution in [2.24, 2.45) is 11.7 Å². The predicted octanol–water partition coefficient (Wildman–Crippen LogP) is 1.36. The van der Waals surface area contributed by atoms with E-state index in [1.165, 1.54) is 19.3 Å². The number of aromatic nitrogens is 2. The highest BCUT2D eigenvalue weighted by Crippen LogP contribution is 2.24. The molecule has 1 aromatic heterocycles. The zero-order valence-corrected chi connectivity index (χ0v) is 9.32. The van der Waals surface area contributed by atoms with Crippen LogP contribution in [0.2, 0.25) is 0 Å². The summed E-state index contributed by atoms with van der Waals surface area (Å²) in [7, 11) is 0. The van der Waals surface area contributed by atoms with Gasteiger partial charge in [0.25, 0.3) is 0 Å². The molecule has 0 spiro atoms. The zero-order valence-electron chi connectivity index (χ0n) is 9.32. The number of rotatable bonds is 2. The first-order valence-electron chi connectivity index (χ1n) is 5.79. The first kappa shape index (κ1) is 10.5. The number of imidazole rings is 1. The second-order valence-electron chi connectivity index (χ2n) is 4.34. The Balaban J connectivity index is 2.15. The fraction of sp³-hybridized carbons (Fsp3) is 0.727. The van der Waals surface area contributed by atoms with E-state index in [1.54, 1.807) is 0 Å². The first-order valence-corrected chi connectivity index (χ1v) is 5.79. The van der Waals surface area contributed by atoms with Crippen LogP contribution >= 0.6 is 0 Å². The molecule has 2 atom stereocenters. The van der Waals surface area contributed by atoms with Crippen molar-refractivity contribution in [3.05, 3.63) is 12.4 Å². The van der Waals surface area contributed by atoms with E-state index in [1.807, 2.05) is 12.4 Å². The van der Waals surface area contributed by atoms with Crippen molar-refractivity contribution >= 4 is 5.95 Å². The SMILES string of the molecule is C[C@@H]1[C@@H](CN)CCCCN1c1ncc[nH]1. The van der Waals surface area contributed by atoms with Gasteiger partial charge in [0.15, 0.2) is 0 Å². The van der Waals surface area contributed by atoms with Gasteiger partial charge < -0.3 is 15.6 Å². The third kappa shape index (κ3) is 2.15. The monoisotopic (exact) mass is 208 g/mol. The molecule has 1 fully saturated rings. The van der Waals surface area contributed by atoms with Gasteiger partial charge in [-0.2, -0.15) is 0 Å². The number of nitrogens with one attached hydrogen (secondary N) is 1. The van der Waals surface area contributed by atoms with Gasteiger partial charge in [0.1, 0.15) is 0 Å². The lowest BCUT2D eigenvalue weighted by molar-refractivity contribution is 0.420. The molecule has 0 amide bonds.